The molecule has 2 heterocycles. The molecule has 0 saturated carbocycles. The number of fused-ring (bicyclic) bond motifs is 1. The maximum Gasteiger partial charge on any atom is 0.272 e. The first-order chi connectivity index (χ1) is 11.8. The van der Waals surface area contributed by atoms with E-state index in [0.717, 1.165) is 17.5 Å². The minimum atomic E-state index is -3.33. The van der Waals surface area contributed by atoms with Crippen molar-refractivity contribution in [2.24, 2.45) is 7.05 Å². The third kappa shape index (κ3) is 3.72. The van der Waals surface area contributed by atoms with E-state index in [2.05, 4.69) is 10.4 Å². The predicted molar refractivity (Wildman–Crippen MR) is 89.7 cm³/mol. The van der Waals surface area contributed by atoms with Crippen LogP contribution < -0.4 is 5.32 Å². The number of carbonyl (C=O) groups excluding carboxylic acids is 1. The maximum atomic E-state index is 12.9. The van der Waals surface area contributed by atoms with E-state index in [9.17, 15) is 17.6 Å². The Morgan fingerprint density at radius 2 is 2.00 bits per heavy atom. The molecule has 9 heteroatoms. The van der Waals surface area contributed by atoms with Gasteiger partial charge in [-0.25, -0.2) is 12.8 Å². The Hall–Kier alpha value is -2.26. The standard InChI is InChI=1S/C16H19FN4O3S/c1-20-14-7-8-21(25(2,23)24)10-13(14)15(19-20)16(22)18-9-11-3-5-12(17)6-4-11/h3-6H,7-10H2,1-2H3,(H,18,22). The zero-order valence-electron chi connectivity index (χ0n) is 14.0. The topological polar surface area (TPSA) is 84.3 Å². The third-order valence-corrected chi connectivity index (χ3v) is 5.51. The molecule has 0 spiro atoms. The molecular formula is C16H19FN4O3S. The Labute approximate surface area is 145 Å². The van der Waals surface area contributed by atoms with E-state index in [1.165, 1.54) is 16.4 Å². The molecule has 1 aromatic carbocycles. The number of hydrogen-bond acceptors (Lipinski definition) is 4. The number of halogens is 1. The molecule has 1 N–H and O–H groups in total. The summed E-state index contributed by atoms with van der Waals surface area (Å²) >= 11 is 0. The largest absolute Gasteiger partial charge is 0.347 e. The SMILES string of the molecule is Cn1nc(C(=O)NCc2ccc(F)cc2)c2c1CCN(S(C)(=O)=O)C2. The minimum Gasteiger partial charge on any atom is -0.347 e. The van der Waals surface area contributed by atoms with Crippen molar-refractivity contribution in [3.8, 4) is 0 Å². The first kappa shape index (κ1) is 17.6. The van der Waals surface area contributed by atoms with Crippen LogP contribution in [0.15, 0.2) is 24.3 Å². The summed E-state index contributed by atoms with van der Waals surface area (Å²) in [5, 5.41) is 7.00. The summed E-state index contributed by atoms with van der Waals surface area (Å²) in [7, 11) is -1.59. The lowest BCUT2D eigenvalue weighted by Gasteiger charge is -2.25. The molecule has 1 aromatic heterocycles. The number of hydrogen-bond donors (Lipinski definition) is 1. The number of aryl methyl sites for hydroxylation is 1. The molecule has 134 valence electrons. The van der Waals surface area contributed by atoms with Crippen molar-refractivity contribution in [3.05, 3.63) is 52.6 Å². The van der Waals surface area contributed by atoms with Crippen molar-refractivity contribution < 1.29 is 17.6 Å². The quantitative estimate of drug-likeness (QED) is 0.868. The summed E-state index contributed by atoms with van der Waals surface area (Å²) in [4.78, 5) is 12.5. The van der Waals surface area contributed by atoms with E-state index in [4.69, 9.17) is 0 Å². The molecule has 0 saturated heterocycles. The van der Waals surface area contributed by atoms with E-state index < -0.39 is 10.0 Å². The predicted octanol–water partition coefficient (Wildman–Crippen LogP) is 0.807. The molecule has 0 fully saturated rings. The van der Waals surface area contributed by atoms with Crippen LogP contribution >= 0.6 is 0 Å². The Morgan fingerprint density at radius 3 is 2.64 bits per heavy atom. The fourth-order valence-corrected chi connectivity index (χ4v) is 3.69. The van der Waals surface area contributed by atoms with Crippen LogP contribution in [0.2, 0.25) is 0 Å². The normalized spacial score (nSPS) is 15.0. The highest BCUT2D eigenvalue weighted by atomic mass is 32.2. The molecule has 2 aromatic rings. The van der Waals surface area contributed by atoms with Gasteiger partial charge in [-0.3, -0.25) is 9.48 Å². The average Bonchev–Trinajstić information content (AvgIpc) is 2.90. The number of nitrogens with zero attached hydrogens (tertiary/aromatic N) is 3. The highest BCUT2D eigenvalue weighted by Crippen LogP contribution is 2.23. The van der Waals surface area contributed by atoms with Crippen LogP contribution in [0.25, 0.3) is 0 Å². The number of aromatic nitrogens is 2. The molecule has 0 radical (unpaired) electrons. The lowest BCUT2D eigenvalue weighted by atomic mass is 10.1. The van der Waals surface area contributed by atoms with E-state index in [0.29, 0.717) is 18.5 Å². The fraction of sp³-hybridized carbons (Fsp3) is 0.375. The highest BCUT2D eigenvalue weighted by Gasteiger charge is 2.30. The van der Waals surface area contributed by atoms with Gasteiger partial charge in [-0.15, -0.1) is 0 Å². The van der Waals surface area contributed by atoms with E-state index in [1.807, 2.05) is 0 Å². The van der Waals surface area contributed by atoms with Gasteiger partial charge >= 0.3 is 0 Å². The van der Waals surface area contributed by atoms with Crippen LogP contribution in [-0.2, 0) is 36.6 Å². The number of carbonyl (C=O) groups is 1. The van der Waals surface area contributed by atoms with Crippen LogP contribution in [0.4, 0.5) is 4.39 Å². The monoisotopic (exact) mass is 366 g/mol. The number of benzene rings is 1. The van der Waals surface area contributed by atoms with Crippen LogP contribution in [0.3, 0.4) is 0 Å². The Morgan fingerprint density at radius 1 is 1.32 bits per heavy atom. The van der Waals surface area contributed by atoms with Crippen LogP contribution in [0.5, 0.6) is 0 Å². The van der Waals surface area contributed by atoms with Gasteiger partial charge in [-0.05, 0) is 17.7 Å². The van der Waals surface area contributed by atoms with Crippen molar-refractivity contribution in [3.63, 3.8) is 0 Å². The summed E-state index contributed by atoms with van der Waals surface area (Å²) in [5.41, 5.74) is 2.49. The lowest BCUT2D eigenvalue weighted by Crippen LogP contribution is -2.36. The van der Waals surface area contributed by atoms with Crippen molar-refractivity contribution in [2.45, 2.75) is 19.5 Å². The molecule has 1 aliphatic rings. The molecule has 0 unspecified atom stereocenters. The molecule has 1 amide bonds. The van der Waals surface area contributed by atoms with Gasteiger partial charge < -0.3 is 5.32 Å². The van der Waals surface area contributed by atoms with Crippen LogP contribution in [0, 0.1) is 5.82 Å². The summed E-state index contributed by atoms with van der Waals surface area (Å²) in [6.45, 7) is 0.754. The van der Waals surface area contributed by atoms with E-state index >= 15 is 0 Å². The molecule has 25 heavy (non-hydrogen) atoms. The van der Waals surface area contributed by atoms with Gasteiger partial charge in [0.05, 0.1) is 6.26 Å². The van der Waals surface area contributed by atoms with E-state index in [-0.39, 0.29) is 30.5 Å². The number of nitrogens with one attached hydrogen (secondary N) is 1. The first-order valence-corrected chi connectivity index (χ1v) is 9.63. The zero-order valence-corrected chi connectivity index (χ0v) is 14.8. The first-order valence-electron chi connectivity index (χ1n) is 7.78. The van der Waals surface area contributed by atoms with E-state index in [1.54, 1.807) is 23.9 Å². The smallest absolute Gasteiger partial charge is 0.272 e. The summed E-state index contributed by atoms with van der Waals surface area (Å²) < 4.78 is 39.5. The second-order valence-corrected chi connectivity index (χ2v) is 8.04. The Bertz CT molecular complexity index is 906. The maximum absolute atomic E-state index is 12.9. The number of sulfonamides is 1. The van der Waals surface area contributed by atoms with Gasteiger partial charge in [0.1, 0.15) is 5.82 Å². The Balaban J connectivity index is 1.78. The van der Waals surface area contributed by atoms with Crippen LogP contribution in [0.1, 0.15) is 27.3 Å². The van der Waals surface area contributed by atoms with Gasteiger partial charge in [-0.1, -0.05) is 12.1 Å². The van der Waals surface area contributed by atoms with Crippen molar-refractivity contribution in [1.29, 1.82) is 0 Å². The lowest BCUT2D eigenvalue weighted by molar-refractivity contribution is 0.0943. The summed E-state index contributed by atoms with van der Waals surface area (Å²) in [6.07, 6.45) is 1.67. The van der Waals surface area contributed by atoms with Gasteiger partial charge in [0.2, 0.25) is 10.0 Å². The molecule has 0 bridgehead atoms. The van der Waals surface area contributed by atoms with Crippen molar-refractivity contribution >= 4 is 15.9 Å². The number of rotatable bonds is 4. The highest BCUT2D eigenvalue weighted by molar-refractivity contribution is 7.88. The second-order valence-electron chi connectivity index (χ2n) is 6.05. The summed E-state index contributed by atoms with van der Waals surface area (Å²) in [5.74, 6) is -0.716. The molecule has 0 atom stereocenters. The summed E-state index contributed by atoms with van der Waals surface area (Å²) in [6, 6.07) is 5.84. The molecule has 7 nitrogen and oxygen atoms in total. The van der Waals surface area contributed by atoms with Gasteiger partial charge in [0.25, 0.3) is 5.91 Å². The van der Waals surface area contributed by atoms with Gasteiger partial charge in [-0.2, -0.15) is 9.40 Å². The number of amides is 1. The van der Waals surface area contributed by atoms with Gasteiger partial charge in [0.15, 0.2) is 5.69 Å². The van der Waals surface area contributed by atoms with Crippen LogP contribution in [-0.4, -0.2) is 41.2 Å². The molecule has 3 rings (SSSR count). The van der Waals surface area contributed by atoms with Crippen molar-refractivity contribution in [1.82, 2.24) is 19.4 Å². The Kier molecular flexibility index (Phi) is 4.61. The third-order valence-electron chi connectivity index (χ3n) is 4.26. The minimum absolute atomic E-state index is 0.140. The average molecular weight is 366 g/mol. The molecule has 1 aliphatic heterocycles. The second kappa shape index (κ2) is 6.57. The van der Waals surface area contributed by atoms with Gasteiger partial charge in [0, 0.05) is 44.4 Å². The van der Waals surface area contributed by atoms with Crippen molar-refractivity contribution in [2.75, 3.05) is 12.8 Å². The molecule has 0 aliphatic carbocycles. The molecular weight excluding hydrogens is 347 g/mol. The zero-order chi connectivity index (χ0) is 18.2. The fourth-order valence-electron chi connectivity index (χ4n) is 2.90.